The topological polar surface area (TPSA) is 110 Å². The molecule has 0 amide bonds. The molecule has 5 N–H and O–H groups in total. The van der Waals surface area contributed by atoms with E-state index < -0.39 is 5.97 Å². The number of hydrogen-bond acceptors (Lipinski definition) is 5. The van der Waals surface area contributed by atoms with Crippen molar-refractivity contribution < 1.29 is 25.2 Å². The molecule has 0 aliphatic heterocycles. The minimum Gasteiger partial charge on any atom is -0.481 e. The first-order chi connectivity index (χ1) is 26.6. The third-order valence-corrected chi connectivity index (χ3v) is 21.7. The van der Waals surface area contributed by atoms with E-state index in [9.17, 15) is 25.2 Å². The number of carbonyl (C=O) groups is 1. The van der Waals surface area contributed by atoms with Crippen LogP contribution in [0.2, 0.25) is 0 Å². The van der Waals surface area contributed by atoms with Crippen LogP contribution in [0.5, 0.6) is 0 Å². The summed E-state index contributed by atoms with van der Waals surface area (Å²) in [5.41, 5.74) is 4.44. The fourth-order valence-corrected chi connectivity index (χ4v) is 18.8. The highest BCUT2D eigenvalue weighted by Crippen LogP contribution is 2.71. The monoisotopic (exact) mass is 776 g/mol. The molecule has 316 valence electrons. The van der Waals surface area contributed by atoms with Gasteiger partial charge in [-0.3, -0.25) is 4.79 Å². The largest absolute Gasteiger partial charge is 0.481 e. The van der Waals surface area contributed by atoms with E-state index in [0.717, 1.165) is 51.0 Å². The molecule has 0 bridgehead atoms. The highest BCUT2D eigenvalue weighted by molar-refractivity contribution is 5.66. The Balaban J connectivity index is 0.847. The maximum absolute atomic E-state index is 12.0. The van der Waals surface area contributed by atoms with Gasteiger partial charge in [0.15, 0.2) is 0 Å². The lowest BCUT2D eigenvalue weighted by atomic mass is 9.43. The van der Waals surface area contributed by atoms with Gasteiger partial charge in [-0.05, 0) is 226 Å². The summed E-state index contributed by atoms with van der Waals surface area (Å²) in [6, 6.07) is 0. The van der Waals surface area contributed by atoms with Gasteiger partial charge in [0.25, 0.3) is 0 Å². The molecule has 0 aromatic rings. The predicted octanol–water partition coefficient (Wildman–Crippen LogP) is 10.00. The average molecular weight is 776 g/mol. The number of allylic oxidation sites excluding steroid dienone is 2. The highest BCUT2D eigenvalue weighted by atomic mass is 16.4. The molecule has 0 saturated heterocycles. The summed E-state index contributed by atoms with van der Waals surface area (Å²) in [5.74, 6) is 6.72. The van der Waals surface area contributed by atoms with Gasteiger partial charge in [0, 0.05) is 18.7 Å². The van der Waals surface area contributed by atoms with Crippen molar-refractivity contribution >= 4 is 5.97 Å². The number of aliphatic carboxylic acids is 1. The third-order valence-electron chi connectivity index (χ3n) is 21.7. The zero-order valence-corrected chi connectivity index (χ0v) is 36.3. The Hall–Kier alpha value is -1.11. The molecule has 0 aromatic heterocycles. The van der Waals surface area contributed by atoms with E-state index in [2.05, 4.69) is 46.9 Å². The lowest BCUT2D eigenvalue weighted by Crippen LogP contribution is -2.58. The van der Waals surface area contributed by atoms with Crippen LogP contribution in [0, 0.1) is 98.6 Å². The van der Waals surface area contributed by atoms with Crippen LogP contribution in [0.25, 0.3) is 0 Å². The minimum atomic E-state index is -0.669. The summed E-state index contributed by atoms with van der Waals surface area (Å²) in [7, 11) is 0. The number of rotatable bonds is 8. The van der Waals surface area contributed by atoms with Crippen molar-refractivity contribution in [1.82, 2.24) is 5.32 Å². The quantitative estimate of drug-likeness (QED) is 0.168. The zero-order chi connectivity index (χ0) is 39.5. The van der Waals surface area contributed by atoms with Gasteiger partial charge in [-0.25, -0.2) is 0 Å². The van der Waals surface area contributed by atoms with E-state index >= 15 is 0 Å². The van der Waals surface area contributed by atoms with E-state index in [1.165, 1.54) is 83.5 Å². The molecule has 9 rings (SSSR count). The normalized spacial score (nSPS) is 54.1. The standard InChI is InChI=1S/C50H81NO5/c1-28(8-12-43(55)56)35-9-10-36-44-37(15-20-49(35,36)5)47(3)18-13-30(23-31(47)25-41(44)53)17-22-51-40-11-7-29(2)46-34(40)27-39-45-38(16-21-50(39,46)6)48(4)19-14-33(52)24-32(48)26-42(45)54/h28-33,35-39,41-42,44-46,51-54H,7-27H2,1-6H3,(H,55,56)/t28?,29?,30-,31?,32?,33+,35?,36?,37?,38?,39?,41-,42+,44?,45?,46?,47?,48?,49?,50?/m0/s1. The van der Waals surface area contributed by atoms with Crippen LogP contribution in [-0.2, 0) is 4.79 Å². The summed E-state index contributed by atoms with van der Waals surface area (Å²) >= 11 is 0. The van der Waals surface area contributed by atoms with Crippen LogP contribution in [0.4, 0.5) is 0 Å². The minimum absolute atomic E-state index is 0.178. The second-order valence-electron chi connectivity index (χ2n) is 23.8. The summed E-state index contributed by atoms with van der Waals surface area (Å²) in [5, 5.41) is 48.0. The van der Waals surface area contributed by atoms with Crippen LogP contribution >= 0.6 is 0 Å². The van der Waals surface area contributed by atoms with Crippen molar-refractivity contribution in [2.45, 2.75) is 188 Å². The summed E-state index contributed by atoms with van der Waals surface area (Å²) in [6.45, 7) is 16.2. The van der Waals surface area contributed by atoms with E-state index in [0.29, 0.717) is 76.4 Å². The van der Waals surface area contributed by atoms with Gasteiger partial charge in [0.05, 0.1) is 18.3 Å². The number of nitrogens with one attached hydrogen (secondary N) is 1. The first kappa shape index (κ1) is 40.3. The molecule has 9 aliphatic carbocycles. The van der Waals surface area contributed by atoms with Gasteiger partial charge in [-0.1, -0.05) is 41.5 Å². The Labute approximate surface area is 340 Å². The predicted molar refractivity (Wildman–Crippen MR) is 222 cm³/mol. The second kappa shape index (κ2) is 14.5. The maximum Gasteiger partial charge on any atom is 0.303 e. The van der Waals surface area contributed by atoms with Crippen LogP contribution in [0.15, 0.2) is 11.3 Å². The van der Waals surface area contributed by atoms with E-state index in [-0.39, 0.29) is 41.0 Å². The van der Waals surface area contributed by atoms with Gasteiger partial charge >= 0.3 is 5.97 Å². The van der Waals surface area contributed by atoms with Crippen molar-refractivity contribution in [3.8, 4) is 0 Å². The summed E-state index contributed by atoms with van der Waals surface area (Å²) in [6.07, 6.45) is 21.6. The van der Waals surface area contributed by atoms with Crippen LogP contribution in [0.3, 0.4) is 0 Å². The molecule has 56 heavy (non-hydrogen) atoms. The fraction of sp³-hybridized carbons (Fsp3) is 0.940. The number of aliphatic hydroxyl groups excluding tert-OH is 3. The fourth-order valence-electron chi connectivity index (χ4n) is 18.8. The smallest absolute Gasteiger partial charge is 0.303 e. The van der Waals surface area contributed by atoms with Crippen LogP contribution in [0.1, 0.15) is 170 Å². The van der Waals surface area contributed by atoms with E-state index in [1.807, 2.05) is 0 Å². The molecule has 0 radical (unpaired) electrons. The third kappa shape index (κ3) is 6.17. The lowest BCUT2D eigenvalue weighted by molar-refractivity contribution is -0.174. The molecule has 6 heteroatoms. The molecule has 0 aromatic carbocycles. The Morgan fingerprint density at radius 1 is 0.732 bits per heavy atom. The van der Waals surface area contributed by atoms with Gasteiger partial charge in [0.2, 0.25) is 0 Å². The van der Waals surface area contributed by atoms with Gasteiger partial charge in [-0.2, -0.15) is 0 Å². The lowest BCUT2D eigenvalue weighted by Gasteiger charge is -2.62. The first-order valence-corrected chi connectivity index (χ1v) is 24.3. The number of fused-ring (bicyclic) bond motifs is 12. The van der Waals surface area contributed by atoms with E-state index in [1.54, 1.807) is 11.3 Å². The number of carboxylic acid groups (broad SMARTS) is 1. The second-order valence-corrected chi connectivity index (χ2v) is 23.8. The number of aliphatic hydroxyl groups is 3. The number of carboxylic acids is 1. The van der Waals surface area contributed by atoms with E-state index in [4.69, 9.17) is 0 Å². The maximum atomic E-state index is 12.0. The van der Waals surface area contributed by atoms with Crippen LogP contribution < -0.4 is 5.32 Å². The molecule has 8 fully saturated rings. The Kier molecular flexibility index (Phi) is 10.5. The number of hydrogen-bond donors (Lipinski definition) is 5. The SMILES string of the molecule is CC(CCC(=O)O)C1CCC2C3C(CCC12C)C1(C)CC[C@@H](CCNC2=C4CC5C6C(CCC5(C)C4C(C)CC2)C2(C)CC[C@@H](O)CC2C[C@H]6O)CC1C[C@@H]3O. The highest BCUT2D eigenvalue weighted by Gasteiger charge is 2.65. The molecule has 0 spiro atoms. The first-order valence-electron chi connectivity index (χ1n) is 24.3. The van der Waals surface area contributed by atoms with Gasteiger partial charge < -0.3 is 25.7 Å². The van der Waals surface area contributed by atoms with Crippen molar-refractivity contribution in [3.63, 3.8) is 0 Å². The molecule has 6 nitrogen and oxygen atoms in total. The molecule has 20 atom stereocenters. The van der Waals surface area contributed by atoms with Crippen molar-refractivity contribution in [3.05, 3.63) is 11.3 Å². The Morgan fingerprint density at radius 3 is 2.04 bits per heavy atom. The average Bonchev–Trinajstić information content (AvgIpc) is 3.67. The van der Waals surface area contributed by atoms with Gasteiger partial charge in [0.1, 0.15) is 0 Å². The zero-order valence-electron chi connectivity index (χ0n) is 36.3. The summed E-state index contributed by atoms with van der Waals surface area (Å²) < 4.78 is 0. The molecule has 8 saturated carbocycles. The van der Waals surface area contributed by atoms with Crippen molar-refractivity contribution in [2.75, 3.05) is 6.54 Å². The molecule has 0 heterocycles. The van der Waals surface area contributed by atoms with Crippen molar-refractivity contribution in [1.29, 1.82) is 0 Å². The van der Waals surface area contributed by atoms with Crippen molar-refractivity contribution in [2.24, 2.45) is 98.6 Å². The van der Waals surface area contributed by atoms with Gasteiger partial charge in [-0.15, -0.1) is 0 Å². The molecule has 9 aliphatic rings. The summed E-state index contributed by atoms with van der Waals surface area (Å²) in [4.78, 5) is 11.4. The molecule has 16 unspecified atom stereocenters. The Morgan fingerprint density at radius 2 is 1.34 bits per heavy atom. The molecular formula is C50H81NO5. The Bertz CT molecular complexity index is 1530. The molecular weight excluding hydrogens is 695 g/mol. The van der Waals surface area contributed by atoms with Crippen LogP contribution in [-0.4, -0.2) is 51.3 Å².